The average Bonchev–Trinajstić information content (AvgIpc) is 2.71. The minimum atomic E-state index is -0.972. The molecule has 0 fully saturated rings. The van der Waals surface area contributed by atoms with Gasteiger partial charge in [0.2, 0.25) is 0 Å². The molecule has 1 aromatic heterocycles. The third kappa shape index (κ3) is 3.23. The lowest BCUT2D eigenvalue weighted by Gasteiger charge is -2.25. The van der Waals surface area contributed by atoms with Gasteiger partial charge in [0.05, 0.1) is 0 Å². The number of aliphatic carboxylic acids is 1. The predicted octanol–water partition coefficient (Wildman–Crippen LogP) is 1.61. The molecular weight excluding hydrogens is 232 g/mol. The smallest absolute Gasteiger partial charge is 0.323 e. The van der Waals surface area contributed by atoms with Crippen LogP contribution in [0.5, 0.6) is 0 Å². The maximum absolute atomic E-state index is 12.3. The quantitative estimate of drug-likeness (QED) is 0.780. The minimum absolute atomic E-state index is 0.0312. The lowest BCUT2D eigenvalue weighted by molar-refractivity contribution is -0.137. The molecule has 1 heterocycles. The Balaban J connectivity index is 2.97. The summed E-state index contributed by atoms with van der Waals surface area (Å²) in [5.74, 6) is -1.16. The summed E-state index contributed by atoms with van der Waals surface area (Å²) in [6.45, 7) is 7.66. The number of carbonyl (C=O) groups excluding carboxylic acids is 1. The van der Waals surface area contributed by atoms with Gasteiger partial charge in [-0.2, -0.15) is 0 Å². The van der Waals surface area contributed by atoms with Crippen LogP contribution in [-0.2, 0) is 11.3 Å². The average molecular weight is 250 g/mol. The first kappa shape index (κ1) is 14.0. The van der Waals surface area contributed by atoms with Gasteiger partial charge in [-0.05, 0) is 26.0 Å². The Kier molecular flexibility index (Phi) is 4.71. The standard InChI is InChI=1S/C13H18N2O3/c1-4-7-15(10(2)3)13(18)11-6-5-8-14(11)9-12(16)17/h4-6,8,10H,1,7,9H2,2-3H3,(H,16,17). The van der Waals surface area contributed by atoms with Crippen LogP contribution >= 0.6 is 0 Å². The van der Waals surface area contributed by atoms with Gasteiger partial charge in [0.1, 0.15) is 12.2 Å². The second-order valence-corrected chi connectivity index (χ2v) is 4.26. The van der Waals surface area contributed by atoms with E-state index < -0.39 is 5.97 Å². The number of rotatable bonds is 6. The Labute approximate surface area is 106 Å². The number of carboxylic acid groups (broad SMARTS) is 1. The lowest BCUT2D eigenvalue weighted by atomic mass is 10.2. The van der Waals surface area contributed by atoms with Crippen LogP contribution in [0.1, 0.15) is 24.3 Å². The van der Waals surface area contributed by atoms with Crippen LogP contribution in [0.4, 0.5) is 0 Å². The number of aromatic nitrogens is 1. The molecule has 0 aliphatic rings. The summed E-state index contributed by atoms with van der Waals surface area (Å²) in [4.78, 5) is 24.7. The van der Waals surface area contributed by atoms with Gasteiger partial charge < -0.3 is 14.6 Å². The molecule has 0 aliphatic carbocycles. The molecule has 98 valence electrons. The van der Waals surface area contributed by atoms with Crippen molar-refractivity contribution in [1.82, 2.24) is 9.47 Å². The normalized spacial score (nSPS) is 10.4. The highest BCUT2D eigenvalue weighted by Gasteiger charge is 2.20. The van der Waals surface area contributed by atoms with E-state index in [1.165, 1.54) is 4.57 Å². The summed E-state index contributed by atoms with van der Waals surface area (Å²) in [5.41, 5.74) is 0.382. The first-order valence-electron chi connectivity index (χ1n) is 5.76. The van der Waals surface area contributed by atoms with Gasteiger partial charge in [-0.15, -0.1) is 6.58 Å². The summed E-state index contributed by atoms with van der Waals surface area (Å²) in [5, 5.41) is 8.78. The van der Waals surface area contributed by atoms with Gasteiger partial charge in [0, 0.05) is 18.8 Å². The second kappa shape index (κ2) is 6.05. The molecule has 1 rings (SSSR count). The highest BCUT2D eigenvalue weighted by molar-refractivity contribution is 5.93. The fraction of sp³-hybridized carbons (Fsp3) is 0.385. The molecule has 1 N–H and O–H groups in total. The highest BCUT2D eigenvalue weighted by Crippen LogP contribution is 2.10. The molecule has 1 aromatic rings. The molecule has 18 heavy (non-hydrogen) atoms. The van der Waals surface area contributed by atoms with E-state index in [9.17, 15) is 9.59 Å². The van der Waals surface area contributed by atoms with Crippen molar-refractivity contribution < 1.29 is 14.7 Å². The zero-order chi connectivity index (χ0) is 13.7. The third-order valence-corrected chi connectivity index (χ3v) is 2.56. The number of hydrogen-bond acceptors (Lipinski definition) is 2. The van der Waals surface area contributed by atoms with Crippen molar-refractivity contribution in [3.05, 3.63) is 36.7 Å². The van der Waals surface area contributed by atoms with Gasteiger partial charge in [-0.3, -0.25) is 9.59 Å². The number of nitrogens with zero attached hydrogens (tertiary/aromatic N) is 2. The molecule has 0 unspecified atom stereocenters. The van der Waals surface area contributed by atoms with Gasteiger partial charge in [0.15, 0.2) is 0 Å². The van der Waals surface area contributed by atoms with Gasteiger partial charge >= 0.3 is 5.97 Å². The minimum Gasteiger partial charge on any atom is -0.480 e. The van der Waals surface area contributed by atoms with E-state index in [-0.39, 0.29) is 18.5 Å². The molecule has 0 aromatic carbocycles. The molecule has 0 radical (unpaired) electrons. The van der Waals surface area contributed by atoms with Crippen molar-refractivity contribution in [2.45, 2.75) is 26.4 Å². The monoisotopic (exact) mass is 250 g/mol. The SMILES string of the molecule is C=CCN(C(=O)c1cccn1CC(=O)O)C(C)C. The molecule has 5 heteroatoms. The van der Waals surface area contributed by atoms with Gasteiger partial charge in [0.25, 0.3) is 5.91 Å². The van der Waals surface area contributed by atoms with Gasteiger partial charge in [-0.1, -0.05) is 6.08 Å². The maximum Gasteiger partial charge on any atom is 0.323 e. The van der Waals surface area contributed by atoms with Crippen molar-refractivity contribution in [2.75, 3.05) is 6.54 Å². The van der Waals surface area contributed by atoms with E-state index >= 15 is 0 Å². The first-order chi connectivity index (χ1) is 8.47. The summed E-state index contributed by atoms with van der Waals surface area (Å²) in [6, 6.07) is 3.33. The highest BCUT2D eigenvalue weighted by atomic mass is 16.4. The Hall–Kier alpha value is -2.04. The van der Waals surface area contributed by atoms with Crippen LogP contribution in [0, 0.1) is 0 Å². The zero-order valence-electron chi connectivity index (χ0n) is 10.7. The Bertz CT molecular complexity index is 449. The van der Waals surface area contributed by atoms with Crippen molar-refractivity contribution >= 4 is 11.9 Å². The summed E-state index contributed by atoms with van der Waals surface area (Å²) in [7, 11) is 0. The topological polar surface area (TPSA) is 62.5 Å². The van der Waals surface area contributed by atoms with Crippen LogP contribution in [0.3, 0.4) is 0 Å². The maximum atomic E-state index is 12.3. The third-order valence-electron chi connectivity index (χ3n) is 2.56. The first-order valence-corrected chi connectivity index (χ1v) is 5.76. The van der Waals surface area contributed by atoms with Crippen molar-refractivity contribution in [2.24, 2.45) is 0 Å². The zero-order valence-corrected chi connectivity index (χ0v) is 10.7. The number of amides is 1. The molecule has 0 aliphatic heterocycles. The number of hydrogen-bond donors (Lipinski definition) is 1. The van der Waals surface area contributed by atoms with Crippen LogP contribution in [0.15, 0.2) is 31.0 Å². The molecule has 5 nitrogen and oxygen atoms in total. The summed E-state index contributed by atoms with van der Waals surface area (Å²) in [6.07, 6.45) is 3.25. The predicted molar refractivity (Wildman–Crippen MR) is 68.4 cm³/mol. The fourth-order valence-corrected chi connectivity index (χ4v) is 1.71. The van der Waals surface area contributed by atoms with Crippen molar-refractivity contribution in [3.63, 3.8) is 0 Å². The largest absolute Gasteiger partial charge is 0.480 e. The number of carbonyl (C=O) groups is 2. The molecule has 0 saturated carbocycles. The lowest BCUT2D eigenvalue weighted by Crippen LogP contribution is -2.38. The molecule has 0 spiro atoms. The van der Waals surface area contributed by atoms with Crippen LogP contribution < -0.4 is 0 Å². The summed E-state index contributed by atoms with van der Waals surface area (Å²) < 4.78 is 1.43. The fourth-order valence-electron chi connectivity index (χ4n) is 1.71. The van der Waals surface area contributed by atoms with E-state index in [1.54, 1.807) is 29.3 Å². The number of carboxylic acids is 1. The van der Waals surface area contributed by atoms with E-state index in [1.807, 2.05) is 13.8 Å². The molecule has 0 saturated heterocycles. The van der Waals surface area contributed by atoms with Crippen LogP contribution in [0.25, 0.3) is 0 Å². The Morgan fingerprint density at radius 1 is 1.56 bits per heavy atom. The van der Waals surface area contributed by atoms with E-state index in [0.717, 1.165) is 0 Å². The molecular formula is C13H18N2O3. The molecule has 0 atom stereocenters. The second-order valence-electron chi connectivity index (χ2n) is 4.26. The Morgan fingerprint density at radius 3 is 2.72 bits per heavy atom. The van der Waals surface area contributed by atoms with E-state index in [4.69, 9.17) is 5.11 Å². The van der Waals surface area contributed by atoms with E-state index in [0.29, 0.717) is 12.2 Å². The van der Waals surface area contributed by atoms with Gasteiger partial charge in [-0.25, -0.2) is 0 Å². The Morgan fingerprint density at radius 2 is 2.22 bits per heavy atom. The van der Waals surface area contributed by atoms with Crippen molar-refractivity contribution in [1.29, 1.82) is 0 Å². The molecule has 0 bridgehead atoms. The van der Waals surface area contributed by atoms with E-state index in [2.05, 4.69) is 6.58 Å². The van der Waals surface area contributed by atoms with Crippen LogP contribution in [0.2, 0.25) is 0 Å². The van der Waals surface area contributed by atoms with Crippen molar-refractivity contribution in [3.8, 4) is 0 Å². The molecule has 1 amide bonds. The van der Waals surface area contributed by atoms with Crippen LogP contribution in [-0.4, -0.2) is 39.0 Å². The summed E-state index contributed by atoms with van der Waals surface area (Å²) >= 11 is 0.